The molecule has 2 N–H and O–H groups in total. The molecule has 2 atom stereocenters. The Bertz CT molecular complexity index is 997. The molecule has 3 amide bonds. The number of aromatic carboxylic acids is 1. The molecule has 0 saturated heterocycles. The number of imide groups is 1. The zero-order valence-electron chi connectivity index (χ0n) is 16.3. The minimum atomic E-state index is -1.11. The highest BCUT2D eigenvalue weighted by atomic mass is 16.4. The summed E-state index contributed by atoms with van der Waals surface area (Å²) in [5.74, 6) is -2.60. The highest BCUT2D eigenvalue weighted by molar-refractivity contribution is 6.21. The summed E-state index contributed by atoms with van der Waals surface area (Å²) in [6.07, 6.45) is 3.15. The van der Waals surface area contributed by atoms with E-state index in [-0.39, 0.29) is 41.4 Å². The lowest BCUT2D eigenvalue weighted by Gasteiger charge is -2.33. The molecule has 1 aliphatic carbocycles. The minimum absolute atomic E-state index is 0.0264. The predicted molar refractivity (Wildman–Crippen MR) is 109 cm³/mol. The Labute approximate surface area is 173 Å². The largest absolute Gasteiger partial charge is 0.478 e. The van der Waals surface area contributed by atoms with Crippen LogP contribution in [0.5, 0.6) is 0 Å². The number of amides is 3. The van der Waals surface area contributed by atoms with Gasteiger partial charge in [0.15, 0.2) is 0 Å². The molecule has 0 radical (unpaired) electrons. The molecule has 154 valence electrons. The molecule has 1 heterocycles. The van der Waals surface area contributed by atoms with Crippen LogP contribution in [0.2, 0.25) is 0 Å². The topological polar surface area (TPSA) is 104 Å². The third-order valence-electron chi connectivity index (χ3n) is 5.96. The smallest absolute Gasteiger partial charge is 0.337 e. The highest BCUT2D eigenvalue weighted by Gasteiger charge is 2.40. The molecule has 2 unspecified atom stereocenters. The Morgan fingerprint density at radius 3 is 2.20 bits per heavy atom. The zero-order chi connectivity index (χ0) is 21.3. The molecule has 0 aromatic heterocycles. The monoisotopic (exact) mass is 406 g/mol. The number of nitrogens with one attached hydrogen (secondary N) is 1. The Morgan fingerprint density at radius 1 is 0.933 bits per heavy atom. The maximum atomic E-state index is 13.0. The van der Waals surface area contributed by atoms with Crippen LogP contribution in [0.1, 0.15) is 56.8 Å². The van der Waals surface area contributed by atoms with Gasteiger partial charge in [-0.25, -0.2) is 4.79 Å². The molecule has 7 heteroatoms. The van der Waals surface area contributed by atoms with Crippen LogP contribution >= 0.6 is 0 Å². The summed E-state index contributed by atoms with van der Waals surface area (Å²) in [4.78, 5) is 51.1. The second-order valence-corrected chi connectivity index (χ2v) is 7.76. The van der Waals surface area contributed by atoms with Gasteiger partial charge >= 0.3 is 5.97 Å². The van der Waals surface area contributed by atoms with Gasteiger partial charge in [0.2, 0.25) is 5.91 Å². The summed E-state index contributed by atoms with van der Waals surface area (Å²) in [6.45, 7) is 0.186. The van der Waals surface area contributed by atoms with Crippen LogP contribution in [0.3, 0.4) is 0 Å². The molecule has 0 bridgehead atoms. The van der Waals surface area contributed by atoms with E-state index in [1.165, 1.54) is 11.0 Å². The molecule has 2 aliphatic rings. The summed E-state index contributed by atoms with van der Waals surface area (Å²) in [5, 5.41) is 12.1. The van der Waals surface area contributed by atoms with E-state index < -0.39 is 11.9 Å². The molecule has 30 heavy (non-hydrogen) atoms. The Hall–Kier alpha value is -3.48. The van der Waals surface area contributed by atoms with E-state index in [2.05, 4.69) is 5.32 Å². The van der Waals surface area contributed by atoms with Crippen LogP contribution in [0.15, 0.2) is 48.5 Å². The second kappa shape index (κ2) is 8.10. The van der Waals surface area contributed by atoms with Gasteiger partial charge < -0.3 is 10.4 Å². The number of carbonyl (C=O) groups excluding carboxylic acids is 3. The molecule has 7 nitrogen and oxygen atoms in total. The van der Waals surface area contributed by atoms with Crippen molar-refractivity contribution in [2.75, 3.05) is 11.9 Å². The van der Waals surface area contributed by atoms with E-state index in [1.807, 2.05) is 0 Å². The highest BCUT2D eigenvalue weighted by Crippen LogP contribution is 2.34. The van der Waals surface area contributed by atoms with Gasteiger partial charge in [0.25, 0.3) is 11.8 Å². The summed E-state index contributed by atoms with van der Waals surface area (Å²) >= 11 is 0. The molecular formula is C23H22N2O5. The van der Waals surface area contributed by atoms with E-state index in [9.17, 15) is 24.3 Å². The molecular weight excluding hydrogens is 384 g/mol. The normalized spacial score (nSPS) is 20.7. The fourth-order valence-corrected chi connectivity index (χ4v) is 4.41. The number of rotatable bonds is 5. The van der Waals surface area contributed by atoms with Crippen molar-refractivity contribution >= 4 is 29.4 Å². The maximum Gasteiger partial charge on any atom is 0.337 e. The number of hydrogen-bond acceptors (Lipinski definition) is 4. The average Bonchev–Trinajstić information content (AvgIpc) is 2.99. The fraction of sp³-hybridized carbons (Fsp3) is 0.304. The number of hydrogen-bond donors (Lipinski definition) is 2. The first-order valence-corrected chi connectivity index (χ1v) is 10.1. The zero-order valence-corrected chi connectivity index (χ0v) is 16.3. The number of nitrogens with zero attached hydrogens (tertiary/aromatic N) is 1. The van der Waals surface area contributed by atoms with Crippen LogP contribution in [0.25, 0.3) is 0 Å². The van der Waals surface area contributed by atoms with Crippen molar-refractivity contribution in [1.29, 1.82) is 0 Å². The first-order valence-electron chi connectivity index (χ1n) is 10.1. The van der Waals surface area contributed by atoms with Crippen molar-refractivity contribution in [3.05, 3.63) is 65.2 Å². The van der Waals surface area contributed by atoms with E-state index in [0.29, 0.717) is 17.5 Å². The van der Waals surface area contributed by atoms with Crippen LogP contribution in [0.4, 0.5) is 5.69 Å². The average molecular weight is 406 g/mol. The first kappa shape index (κ1) is 19.8. The SMILES string of the molecule is O=C(O)c1ccccc1NC(=O)C1CCCCC1CN1C(=O)c2ccccc2C1=O. The fourth-order valence-electron chi connectivity index (χ4n) is 4.41. The number of carboxylic acid groups (broad SMARTS) is 1. The second-order valence-electron chi connectivity index (χ2n) is 7.76. The number of fused-ring (bicyclic) bond motifs is 1. The first-order chi connectivity index (χ1) is 14.5. The van der Waals surface area contributed by atoms with Gasteiger partial charge in [-0.3, -0.25) is 19.3 Å². The quantitative estimate of drug-likeness (QED) is 0.741. The van der Waals surface area contributed by atoms with Crippen LogP contribution in [0, 0.1) is 11.8 Å². The molecule has 1 saturated carbocycles. The molecule has 2 aromatic rings. The van der Waals surface area contributed by atoms with Crippen LogP contribution < -0.4 is 5.32 Å². The number of carbonyl (C=O) groups is 4. The predicted octanol–water partition coefficient (Wildman–Crippen LogP) is 3.43. The van der Waals surface area contributed by atoms with E-state index in [0.717, 1.165) is 19.3 Å². The van der Waals surface area contributed by atoms with Crippen molar-refractivity contribution in [3.63, 3.8) is 0 Å². The van der Waals surface area contributed by atoms with Gasteiger partial charge in [0.1, 0.15) is 0 Å². The summed E-state index contributed by atoms with van der Waals surface area (Å²) in [7, 11) is 0. The van der Waals surface area contributed by atoms with Crippen molar-refractivity contribution < 1.29 is 24.3 Å². The van der Waals surface area contributed by atoms with Crippen LogP contribution in [-0.2, 0) is 4.79 Å². The minimum Gasteiger partial charge on any atom is -0.478 e. The van der Waals surface area contributed by atoms with Crippen molar-refractivity contribution in [2.45, 2.75) is 25.7 Å². The third kappa shape index (κ3) is 3.58. The maximum absolute atomic E-state index is 13.0. The Balaban J connectivity index is 1.52. The lowest BCUT2D eigenvalue weighted by atomic mass is 9.78. The number of carboxylic acids is 1. The lowest BCUT2D eigenvalue weighted by molar-refractivity contribution is -0.122. The molecule has 4 rings (SSSR count). The van der Waals surface area contributed by atoms with Gasteiger partial charge in [0, 0.05) is 12.5 Å². The molecule has 1 fully saturated rings. The molecule has 2 aromatic carbocycles. The van der Waals surface area contributed by atoms with Gasteiger partial charge in [-0.2, -0.15) is 0 Å². The summed E-state index contributed by atoms with van der Waals surface area (Å²) < 4.78 is 0. The standard InChI is InChI=1S/C23H22N2O5/c26-20(24-19-12-6-5-11-18(19)23(29)30)15-8-2-1-7-14(15)13-25-21(27)16-9-3-4-10-17(16)22(25)28/h3-6,9-12,14-15H,1-2,7-8,13H2,(H,24,26)(H,29,30). The third-order valence-corrected chi connectivity index (χ3v) is 5.96. The van der Waals surface area contributed by atoms with Crippen molar-refractivity contribution in [3.8, 4) is 0 Å². The Morgan fingerprint density at radius 2 is 1.53 bits per heavy atom. The number of para-hydroxylation sites is 1. The number of benzene rings is 2. The molecule has 0 spiro atoms. The van der Waals surface area contributed by atoms with Gasteiger partial charge in [0.05, 0.1) is 22.4 Å². The van der Waals surface area contributed by atoms with E-state index in [1.54, 1.807) is 42.5 Å². The Kier molecular flexibility index (Phi) is 5.35. The van der Waals surface area contributed by atoms with Crippen molar-refractivity contribution in [1.82, 2.24) is 4.90 Å². The van der Waals surface area contributed by atoms with Gasteiger partial charge in [-0.15, -0.1) is 0 Å². The van der Waals surface area contributed by atoms with Gasteiger partial charge in [-0.05, 0) is 43.0 Å². The number of anilines is 1. The van der Waals surface area contributed by atoms with E-state index >= 15 is 0 Å². The van der Waals surface area contributed by atoms with Crippen molar-refractivity contribution in [2.24, 2.45) is 11.8 Å². The molecule has 1 aliphatic heterocycles. The summed E-state index contributed by atoms with van der Waals surface area (Å²) in [6, 6.07) is 13.0. The summed E-state index contributed by atoms with van der Waals surface area (Å²) in [5.41, 5.74) is 1.07. The van der Waals surface area contributed by atoms with E-state index in [4.69, 9.17) is 0 Å². The van der Waals surface area contributed by atoms with Crippen LogP contribution in [-0.4, -0.2) is 40.2 Å². The van der Waals surface area contributed by atoms with Gasteiger partial charge in [-0.1, -0.05) is 37.1 Å². The lowest BCUT2D eigenvalue weighted by Crippen LogP contribution is -2.41.